The summed E-state index contributed by atoms with van der Waals surface area (Å²) in [6, 6.07) is 25.1. The van der Waals surface area contributed by atoms with E-state index < -0.39 is 4.92 Å². The Balaban J connectivity index is 1.32. The van der Waals surface area contributed by atoms with Gasteiger partial charge in [-0.15, -0.1) is 0 Å². The summed E-state index contributed by atoms with van der Waals surface area (Å²) in [6.07, 6.45) is 2.86. The van der Waals surface area contributed by atoms with Crippen molar-refractivity contribution in [3.8, 4) is 11.3 Å². The summed E-state index contributed by atoms with van der Waals surface area (Å²) in [5.74, 6) is 0.423. The van der Waals surface area contributed by atoms with Crippen molar-refractivity contribution in [1.29, 1.82) is 0 Å². The molecule has 2 amide bonds. The Morgan fingerprint density at radius 2 is 1.44 bits per heavy atom. The monoisotopic (exact) mass is 453 g/mol. The molecule has 0 atom stereocenters. The molecule has 0 aliphatic heterocycles. The van der Waals surface area contributed by atoms with Crippen LogP contribution in [0.25, 0.3) is 17.4 Å². The fourth-order valence-electron chi connectivity index (χ4n) is 3.12. The van der Waals surface area contributed by atoms with Crippen molar-refractivity contribution in [1.82, 2.24) is 0 Å². The molecule has 0 fully saturated rings. The fraction of sp³-hybridized carbons (Fsp3) is 0. The second-order valence-electron chi connectivity index (χ2n) is 7.23. The first-order valence-electron chi connectivity index (χ1n) is 10.3. The van der Waals surface area contributed by atoms with E-state index in [0.29, 0.717) is 34.0 Å². The van der Waals surface area contributed by atoms with Crippen molar-refractivity contribution in [3.63, 3.8) is 0 Å². The summed E-state index contributed by atoms with van der Waals surface area (Å²) < 4.78 is 5.68. The van der Waals surface area contributed by atoms with Crippen molar-refractivity contribution in [3.05, 3.63) is 119 Å². The van der Waals surface area contributed by atoms with Crippen molar-refractivity contribution in [2.24, 2.45) is 0 Å². The van der Waals surface area contributed by atoms with Gasteiger partial charge in [-0.25, -0.2) is 0 Å². The summed E-state index contributed by atoms with van der Waals surface area (Å²) >= 11 is 0. The molecular weight excluding hydrogens is 434 g/mol. The maximum Gasteiger partial charge on any atom is 0.269 e. The van der Waals surface area contributed by atoms with E-state index in [1.54, 1.807) is 72.8 Å². The molecule has 4 aromatic rings. The van der Waals surface area contributed by atoms with Gasteiger partial charge in [-0.3, -0.25) is 19.7 Å². The number of anilines is 2. The Labute approximate surface area is 194 Å². The van der Waals surface area contributed by atoms with Crippen LogP contribution in [0, 0.1) is 10.1 Å². The van der Waals surface area contributed by atoms with E-state index in [1.807, 2.05) is 6.07 Å². The third-order valence-electron chi connectivity index (χ3n) is 4.83. The Morgan fingerprint density at radius 1 is 0.794 bits per heavy atom. The normalized spacial score (nSPS) is 10.7. The van der Waals surface area contributed by atoms with E-state index in [-0.39, 0.29) is 17.5 Å². The molecule has 0 saturated carbocycles. The molecule has 0 unspecified atom stereocenters. The van der Waals surface area contributed by atoms with Crippen LogP contribution >= 0.6 is 0 Å². The number of nitro groups is 1. The highest BCUT2D eigenvalue weighted by Crippen LogP contribution is 2.25. The number of rotatable bonds is 7. The van der Waals surface area contributed by atoms with Gasteiger partial charge in [0.1, 0.15) is 11.5 Å². The lowest BCUT2D eigenvalue weighted by atomic mass is 10.1. The summed E-state index contributed by atoms with van der Waals surface area (Å²) in [5.41, 5.74) is 2.42. The number of nitrogens with zero attached hydrogens (tertiary/aromatic N) is 1. The first kappa shape index (κ1) is 22.2. The van der Waals surface area contributed by atoms with Gasteiger partial charge in [0, 0.05) is 40.7 Å². The molecule has 0 radical (unpaired) electrons. The number of non-ortho nitro benzene ring substituents is 1. The standard InChI is InChI=1S/C26H19N3O5/c30-25(17-15-23-14-16-24(34-23)18-6-12-22(13-7-18)29(32)33)27-20-8-10-21(11-9-20)28-26(31)19-4-2-1-3-5-19/h1-17H,(H,27,30)(H,28,31)/b17-15+. The van der Waals surface area contributed by atoms with Gasteiger partial charge in [-0.1, -0.05) is 18.2 Å². The van der Waals surface area contributed by atoms with Gasteiger partial charge in [0.2, 0.25) is 5.91 Å². The van der Waals surface area contributed by atoms with E-state index in [9.17, 15) is 19.7 Å². The van der Waals surface area contributed by atoms with Gasteiger partial charge in [0.25, 0.3) is 11.6 Å². The third-order valence-corrected chi connectivity index (χ3v) is 4.83. The second kappa shape index (κ2) is 10.1. The van der Waals surface area contributed by atoms with Crippen LogP contribution in [-0.2, 0) is 4.79 Å². The van der Waals surface area contributed by atoms with E-state index >= 15 is 0 Å². The van der Waals surface area contributed by atoms with Crippen molar-refractivity contribution in [2.75, 3.05) is 10.6 Å². The average molecular weight is 453 g/mol. The number of benzene rings is 3. The van der Waals surface area contributed by atoms with Gasteiger partial charge >= 0.3 is 0 Å². The van der Waals surface area contributed by atoms with E-state index in [2.05, 4.69) is 10.6 Å². The minimum Gasteiger partial charge on any atom is -0.457 e. The molecule has 1 heterocycles. The lowest BCUT2D eigenvalue weighted by molar-refractivity contribution is -0.384. The topological polar surface area (TPSA) is 114 Å². The number of carbonyl (C=O) groups is 2. The summed E-state index contributed by atoms with van der Waals surface area (Å²) in [5, 5.41) is 16.3. The highest BCUT2D eigenvalue weighted by molar-refractivity contribution is 6.05. The Hall–Kier alpha value is -4.98. The first-order valence-corrected chi connectivity index (χ1v) is 10.3. The van der Waals surface area contributed by atoms with Crippen LogP contribution in [0.15, 0.2) is 101 Å². The second-order valence-corrected chi connectivity index (χ2v) is 7.23. The molecule has 1 aromatic heterocycles. The van der Waals surface area contributed by atoms with Crippen LogP contribution in [0.4, 0.5) is 17.1 Å². The Bertz CT molecular complexity index is 1340. The maximum atomic E-state index is 12.2. The number of hydrogen-bond acceptors (Lipinski definition) is 5. The molecule has 0 bridgehead atoms. The number of furan rings is 1. The molecule has 8 nitrogen and oxygen atoms in total. The molecule has 34 heavy (non-hydrogen) atoms. The van der Waals surface area contributed by atoms with Crippen LogP contribution < -0.4 is 10.6 Å². The first-order chi connectivity index (χ1) is 16.5. The number of nitro benzene ring substituents is 1. The predicted molar refractivity (Wildman–Crippen MR) is 129 cm³/mol. The Kier molecular flexibility index (Phi) is 6.60. The molecule has 0 aliphatic rings. The minimum absolute atomic E-state index is 0.00120. The quantitative estimate of drug-likeness (QED) is 0.210. The number of nitrogens with one attached hydrogen (secondary N) is 2. The van der Waals surface area contributed by atoms with Crippen molar-refractivity contribution >= 4 is 35.0 Å². The molecular formula is C26H19N3O5. The summed E-state index contributed by atoms with van der Waals surface area (Å²) in [6.45, 7) is 0. The van der Waals surface area contributed by atoms with Crippen LogP contribution in [-0.4, -0.2) is 16.7 Å². The SMILES string of the molecule is O=C(/C=C/c1ccc(-c2ccc([N+](=O)[O-])cc2)o1)Nc1ccc(NC(=O)c2ccccc2)cc1. The molecule has 0 aliphatic carbocycles. The van der Waals surface area contributed by atoms with Crippen LogP contribution in [0.3, 0.4) is 0 Å². The zero-order valence-electron chi connectivity index (χ0n) is 17.8. The highest BCUT2D eigenvalue weighted by Gasteiger charge is 2.08. The van der Waals surface area contributed by atoms with E-state index in [0.717, 1.165) is 0 Å². The smallest absolute Gasteiger partial charge is 0.269 e. The minimum atomic E-state index is -0.465. The lowest BCUT2D eigenvalue weighted by Gasteiger charge is -2.07. The van der Waals surface area contributed by atoms with Crippen molar-refractivity contribution < 1.29 is 18.9 Å². The molecule has 3 aromatic carbocycles. The fourth-order valence-corrected chi connectivity index (χ4v) is 3.12. The molecule has 2 N–H and O–H groups in total. The van der Waals surface area contributed by atoms with Gasteiger partial charge in [0.15, 0.2) is 0 Å². The number of amides is 2. The summed E-state index contributed by atoms with van der Waals surface area (Å²) in [4.78, 5) is 34.7. The van der Waals surface area contributed by atoms with Gasteiger partial charge < -0.3 is 15.1 Å². The number of hydrogen-bond donors (Lipinski definition) is 2. The van der Waals surface area contributed by atoms with Crippen LogP contribution in [0.5, 0.6) is 0 Å². The molecule has 168 valence electrons. The van der Waals surface area contributed by atoms with Gasteiger partial charge in [-0.2, -0.15) is 0 Å². The lowest BCUT2D eigenvalue weighted by Crippen LogP contribution is -2.12. The van der Waals surface area contributed by atoms with Gasteiger partial charge in [-0.05, 0) is 66.7 Å². The van der Waals surface area contributed by atoms with Crippen LogP contribution in [0.1, 0.15) is 16.1 Å². The molecule has 0 saturated heterocycles. The molecule has 8 heteroatoms. The van der Waals surface area contributed by atoms with E-state index in [1.165, 1.54) is 24.3 Å². The van der Waals surface area contributed by atoms with E-state index in [4.69, 9.17) is 4.42 Å². The zero-order chi connectivity index (χ0) is 23.9. The predicted octanol–water partition coefficient (Wildman–Crippen LogP) is 5.76. The van der Waals surface area contributed by atoms with Crippen LogP contribution in [0.2, 0.25) is 0 Å². The highest BCUT2D eigenvalue weighted by atomic mass is 16.6. The zero-order valence-corrected chi connectivity index (χ0v) is 17.8. The molecule has 4 rings (SSSR count). The van der Waals surface area contributed by atoms with Gasteiger partial charge in [0.05, 0.1) is 4.92 Å². The third kappa shape index (κ3) is 5.63. The largest absolute Gasteiger partial charge is 0.457 e. The average Bonchev–Trinajstić information content (AvgIpc) is 3.34. The maximum absolute atomic E-state index is 12.2. The summed E-state index contributed by atoms with van der Waals surface area (Å²) in [7, 11) is 0. The van der Waals surface area contributed by atoms with Crippen molar-refractivity contribution in [2.45, 2.75) is 0 Å². The Morgan fingerprint density at radius 3 is 2.09 bits per heavy atom. The molecule has 0 spiro atoms. The number of carbonyl (C=O) groups excluding carboxylic acids is 2.